The van der Waals surface area contributed by atoms with E-state index >= 15 is 0 Å². The topological polar surface area (TPSA) is 78.9 Å². The first-order valence-electron chi connectivity index (χ1n) is 30.7. The molecule has 0 bridgehead atoms. The molecule has 0 aliphatic heterocycles. The third-order valence-corrected chi connectivity index (χ3v) is 13.0. The maximum absolute atomic E-state index is 12.8. The van der Waals surface area contributed by atoms with E-state index in [0.29, 0.717) is 19.3 Å². The Morgan fingerprint density at radius 1 is 0.288 bits per heavy atom. The van der Waals surface area contributed by atoms with Gasteiger partial charge in [-0.1, -0.05) is 246 Å². The van der Waals surface area contributed by atoms with Crippen molar-refractivity contribution in [1.29, 1.82) is 0 Å². The van der Waals surface area contributed by atoms with Gasteiger partial charge in [-0.25, -0.2) is 0 Å². The van der Waals surface area contributed by atoms with Crippen LogP contribution in [0, 0.1) is 0 Å². The Labute approximate surface area is 451 Å². The second-order valence-electron chi connectivity index (χ2n) is 20.2. The third-order valence-electron chi connectivity index (χ3n) is 13.0. The van der Waals surface area contributed by atoms with Crippen molar-refractivity contribution in [3.8, 4) is 0 Å². The second kappa shape index (κ2) is 60.9. The summed E-state index contributed by atoms with van der Waals surface area (Å²) in [4.78, 5) is 38.2. The van der Waals surface area contributed by atoms with Crippen molar-refractivity contribution >= 4 is 17.9 Å². The first-order valence-corrected chi connectivity index (χ1v) is 30.7. The van der Waals surface area contributed by atoms with Crippen LogP contribution < -0.4 is 0 Å². The lowest BCUT2D eigenvalue weighted by Crippen LogP contribution is -2.30. The van der Waals surface area contributed by atoms with Crippen LogP contribution in [0.15, 0.2) is 97.2 Å². The summed E-state index contributed by atoms with van der Waals surface area (Å²) in [5.74, 6) is -0.945. The highest BCUT2D eigenvalue weighted by molar-refractivity contribution is 5.71. The van der Waals surface area contributed by atoms with Gasteiger partial charge in [0, 0.05) is 19.3 Å². The Bertz CT molecular complexity index is 1440. The highest BCUT2D eigenvalue weighted by Gasteiger charge is 2.19. The summed E-state index contributed by atoms with van der Waals surface area (Å²) in [6.07, 6.45) is 81.3. The lowest BCUT2D eigenvalue weighted by Gasteiger charge is -2.18. The van der Waals surface area contributed by atoms with Crippen LogP contribution in [0.25, 0.3) is 0 Å². The van der Waals surface area contributed by atoms with E-state index in [0.717, 1.165) is 96.3 Å². The van der Waals surface area contributed by atoms with E-state index in [1.807, 2.05) is 0 Å². The first kappa shape index (κ1) is 69.3. The Kier molecular flexibility index (Phi) is 57.8. The molecule has 0 aromatic heterocycles. The molecule has 0 aromatic carbocycles. The van der Waals surface area contributed by atoms with E-state index in [2.05, 4.69) is 118 Å². The van der Waals surface area contributed by atoms with Crippen molar-refractivity contribution in [3.63, 3.8) is 0 Å². The number of ether oxygens (including phenoxy) is 3. The summed E-state index contributed by atoms with van der Waals surface area (Å²) in [5.41, 5.74) is 0. The maximum Gasteiger partial charge on any atom is 0.306 e. The zero-order valence-electron chi connectivity index (χ0n) is 47.9. The molecule has 0 spiro atoms. The Hall–Kier alpha value is -3.67. The van der Waals surface area contributed by atoms with E-state index < -0.39 is 6.10 Å². The van der Waals surface area contributed by atoms with Crippen molar-refractivity contribution in [2.45, 2.75) is 297 Å². The number of carbonyl (C=O) groups is 3. The van der Waals surface area contributed by atoms with E-state index in [-0.39, 0.29) is 37.5 Å². The molecule has 0 aliphatic rings. The van der Waals surface area contributed by atoms with Gasteiger partial charge < -0.3 is 14.2 Å². The van der Waals surface area contributed by atoms with Crippen molar-refractivity contribution in [2.24, 2.45) is 0 Å². The fourth-order valence-corrected chi connectivity index (χ4v) is 8.44. The van der Waals surface area contributed by atoms with E-state index in [1.165, 1.54) is 148 Å². The number of hydrogen-bond donors (Lipinski definition) is 0. The summed E-state index contributed by atoms with van der Waals surface area (Å²) in [6, 6.07) is 0. The van der Waals surface area contributed by atoms with Gasteiger partial charge in [-0.15, -0.1) is 0 Å². The minimum Gasteiger partial charge on any atom is -0.462 e. The monoisotopic (exact) mass is 1010 g/mol. The molecule has 418 valence electrons. The molecule has 1 unspecified atom stereocenters. The number of unbranched alkanes of at least 4 members (excludes halogenated alkanes) is 28. The van der Waals surface area contributed by atoms with Crippen molar-refractivity contribution in [3.05, 3.63) is 97.2 Å². The standard InChI is InChI=1S/C67H114O6/c1-4-7-10-13-16-19-22-25-27-28-29-30-31-32-33-34-35-36-37-38-40-42-45-48-51-54-57-60-66(69)72-63-64(62-71-65(68)59-56-53-50-47-44-41-24-21-18-15-12-9-6-3)73-67(70)61-58-55-52-49-46-43-39-26-23-20-17-14-11-8-5-2/h8,11,17,20-22,24-26,28-29,31-32,39,46,49,64H,4-7,9-10,12-16,18-19,23,27,30,33-38,40-45,47-48,50-63H2,1-3H3/b11-8-,20-17-,24-21-,25-22-,29-28-,32-31-,39-26-,49-46-. The van der Waals surface area contributed by atoms with Gasteiger partial charge in [0.15, 0.2) is 6.10 Å². The van der Waals surface area contributed by atoms with Crippen LogP contribution in [0.1, 0.15) is 290 Å². The SMILES string of the molecule is CC/C=C\C/C=C\C/C=C\C/C=C\CCCCC(=O)OC(COC(=O)CCCCCCC/C=C\CCCCCC)COC(=O)CCCCCCCCCCCCCC/C=C\C/C=C\C/C=C\CCCCCCC. The van der Waals surface area contributed by atoms with Crippen LogP contribution in [0.3, 0.4) is 0 Å². The minimum atomic E-state index is -0.804. The van der Waals surface area contributed by atoms with Crippen LogP contribution in [0.2, 0.25) is 0 Å². The minimum absolute atomic E-state index is 0.0975. The molecule has 6 nitrogen and oxygen atoms in total. The number of esters is 3. The third kappa shape index (κ3) is 59.1. The van der Waals surface area contributed by atoms with Gasteiger partial charge in [-0.2, -0.15) is 0 Å². The molecule has 0 amide bonds. The lowest BCUT2D eigenvalue weighted by atomic mass is 10.0. The van der Waals surface area contributed by atoms with Gasteiger partial charge in [-0.05, 0) is 122 Å². The van der Waals surface area contributed by atoms with E-state index in [1.54, 1.807) is 0 Å². The molecule has 0 aromatic rings. The van der Waals surface area contributed by atoms with Crippen molar-refractivity contribution in [2.75, 3.05) is 13.2 Å². The number of allylic oxidation sites excluding steroid dienone is 16. The van der Waals surface area contributed by atoms with Gasteiger partial charge in [0.25, 0.3) is 0 Å². The van der Waals surface area contributed by atoms with Gasteiger partial charge in [0.1, 0.15) is 13.2 Å². The van der Waals surface area contributed by atoms with Crippen molar-refractivity contribution in [1.82, 2.24) is 0 Å². The summed E-state index contributed by atoms with van der Waals surface area (Å²) < 4.78 is 16.8. The fourth-order valence-electron chi connectivity index (χ4n) is 8.44. The molecule has 73 heavy (non-hydrogen) atoms. The summed E-state index contributed by atoms with van der Waals surface area (Å²) >= 11 is 0. The highest BCUT2D eigenvalue weighted by Crippen LogP contribution is 2.15. The molecule has 1 atom stereocenters. The molecule has 0 N–H and O–H groups in total. The van der Waals surface area contributed by atoms with Crippen LogP contribution in [0.4, 0.5) is 0 Å². The average Bonchev–Trinajstić information content (AvgIpc) is 3.39. The zero-order chi connectivity index (χ0) is 52.9. The molecule has 0 aliphatic carbocycles. The second-order valence-corrected chi connectivity index (χ2v) is 20.2. The molecule has 0 saturated carbocycles. The van der Waals surface area contributed by atoms with E-state index in [9.17, 15) is 14.4 Å². The molecule has 0 rings (SSSR count). The lowest BCUT2D eigenvalue weighted by molar-refractivity contribution is -0.167. The van der Waals surface area contributed by atoms with E-state index in [4.69, 9.17) is 14.2 Å². The van der Waals surface area contributed by atoms with Crippen LogP contribution in [-0.4, -0.2) is 37.2 Å². The maximum atomic E-state index is 12.8. The number of carbonyl (C=O) groups excluding carboxylic acids is 3. The van der Waals surface area contributed by atoms with Gasteiger partial charge >= 0.3 is 17.9 Å². The molecular weight excluding hydrogens is 901 g/mol. The Balaban J connectivity index is 4.31. The van der Waals surface area contributed by atoms with Crippen LogP contribution in [0.5, 0.6) is 0 Å². The Morgan fingerprint density at radius 2 is 0.534 bits per heavy atom. The van der Waals surface area contributed by atoms with Crippen LogP contribution >= 0.6 is 0 Å². The first-order chi connectivity index (χ1) is 36.0. The molecule has 0 radical (unpaired) electrons. The van der Waals surface area contributed by atoms with Gasteiger partial charge in [-0.3, -0.25) is 14.4 Å². The zero-order valence-corrected chi connectivity index (χ0v) is 47.9. The quantitative estimate of drug-likeness (QED) is 0.0261. The fraction of sp³-hybridized carbons (Fsp3) is 0.716. The predicted molar refractivity (Wildman–Crippen MR) is 316 cm³/mol. The molecule has 6 heteroatoms. The number of rotatable bonds is 55. The highest BCUT2D eigenvalue weighted by atomic mass is 16.6. The van der Waals surface area contributed by atoms with Gasteiger partial charge in [0.05, 0.1) is 0 Å². The summed E-state index contributed by atoms with van der Waals surface area (Å²) in [6.45, 7) is 6.47. The molecule has 0 fully saturated rings. The van der Waals surface area contributed by atoms with Crippen molar-refractivity contribution < 1.29 is 28.6 Å². The largest absolute Gasteiger partial charge is 0.462 e. The number of hydrogen-bond acceptors (Lipinski definition) is 6. The summed E-state index contributed by atoms with van der Waals surface area (Å²) in [7, 11) is 0. The Morgan fingerprint density at radius 3 is 0.890 bits per heavy atom. The molecular formula is C67H114O6. The smallest absolute Gasteiger partial charge is 0.306 e. The van der Waals surface area contributed by atoms with Gasteiger partial charge in [0.2, 0.25) is 0 Å². The van der Waals surface area contributed by atoms with Crippen LogP contribution in [-0.2, 0) is 28.6 Å². The summed E-state index contributed by atoms with van der Waals surface area (Å²) in [5, 5.41) is 0. The molecule has 0 heterocycles. The molecule has 0 saturated heterocycles. The predicted octanol–water partition coefficient (Wildman–Crippen LogP) is 20.9. The average molecular weight is 1020 g/mol. The normalized spacial score (nSPS) is 12.8.